The van der Waals surface area contributed by atoms with E-state index < -0.39 is 0 Å². The Labute approximate surface area is 227 Å². The lowest BCUT2D eigenvalue weighted by Gasteiger charge is -2.17. The maximum atomic E-state index is 4.77. The van der Waals surface area contributed by atoms with Crippen LogP contribution in [0.4, 0.5) is 0 Å². The van der Waals surface area contributed by atoms with Gasteiger partial charge in [-0.05, 0) is 18.2 Å². The van der Waals surface area contributed by atoms with Gasteiger partial charge in [-0.25, -0.2) is 29.9 Å². The number of thiol groups is 6. The van der Waals surface area contributed by atoms with Crippen LogP contribution in [0.3, 0.4) is 0 Å². The van der Waals surface area contributed by atoms with Gasteiger partial charge in [0.2, 0.25) is 0 Å². The van der Waals surface area contributed by atoms with Crippen LogP contribution in [-0.4, -0.2) is 29.9 Å². The first-order valence-corrected chi connectivity index (χ1v) is 14.0. The Hall–Kier alpha value is -0.660. The van der Waals surface area contributed by atoms with Gasteiger partial charge in [-0.3, -0.25) is 0 Å². The van der Waals surface area contributed by atoms with E-state index in [1.165, 1.54) is 0 Å². The Morgan fingerprint density at radius 3 is 1.00 bits per heavy atom. The molecule has 33 heavy (non-hydrogen) atoms. The van der Waals surface area contributed by atoms with Gasteiger partial charge in [0, 0.05) is 53.3 Å². The van der Waals surface area contributed by atoms with Crippen molar-refractivity contribution in [3.63, 3.8) is 0 Å². The van der Waals surface area contributed by atoms with E-state index in [1.807, 2.05) is 18.2 Å². The summed E-state index contributed by atoms with van der Waals surface area (Å²) in [5, 5.41) is 0. The van der Waals surface area contributed by atoms with Gasteiger partial charge in [0.25, 0.3) is 0 Å². The van der Waals surface area contributed by atoms with Crippen LogP contribution in [-0.2, 0) is 47.4 Å². The van der Waals surface area contributed by atoms with E-state index in [1.54, 1.807) is 0 Å². The second-order valence-corrected chi connectivity index (χ2v) is 9.19. The minimum absolute atomic E-state index is 0.144. The largest absolute Gasteiger partial charge is 0.237 e. The SMILES string of the molecule is SCc1cc(CS)nc(CC(Cc2nc(CS)cc(CS)n2)c2nc(CS)cc(CS)n2)n1. The van der Waals surface area contributed by atoms with E-state index in [-0.39, 0.29) is 5.92 Å². The predicted molar refractivity (Wildman–Crippen MR) is 152 cm³/mol. The van der Waals surface area contributed by atoms with E-state index in [9.17, 15) is 0 Å². The molecule has 176 valence electrons. The zero-order valence-electron chi connectivity index (χ0n) is 17.8. The molecule has 0 saturated carbocycles. The normalized spacial score (nSPS) is 11.4. The zero-order valence-corrected chi connectivity index (χ0v) is 23.2. The standard InChI is InChI=1S/C21H26N6S6/c28-6-13-3-14(7-29)23-19(22-13)1-12(21-26-17(10-32)5-18(11-33)27-21)2-20-24-15(8-30)4-16(9-31)25-20/h3-5,12,28-33H,1-2,6-11H2. The molecule has 0 aliphatic rings. The van der Waals surface area contributed by atoms with Crippen molar-refractivity contribution in [1.82, 2.24) is 29.9 Å². The van der Waals surface area contributed by atoms with Crippen LogP contribution in [0.25, 0.3) is 0 Å². The summed E-state index contributed by atoms with van der Waals surface area (Å²) in [6, 6.07) is 5.77. The molecule has 3 aromatic heterocycles. The summed E-state index contributed by atoms with van der Waals surface area (Å²) >= 11 is 26.4. The zero-order chi connectivity index (χ0) is 23.8. The molecule has 0 bridgehead atoms. The molecule has 0 unspecified atom stereocenters. The molecule has 6 nitrogen and oxygen atoms in total. The Kier molecular flexibility index (Phi) is 11.0. The minimum atomic E-state index is -0.144. The molecule has 0 radical (unpaired) electrons. The van der Waals surface area contributed by atoms with Gasteiger partial charge >= 0.3 is 0 Å². The maximum Gasteiger partial charge on any atom is 0.132 e. The third-order valence-electron chi connectivity index (χ3n) is 4.80. The van der Waals surface area contributed by atoms with Crippen molar-refractivity contribution in [2.24, 2.45) is 0 Å². The monoisotopic (exact) mass is 554 g/mol. The molecule has 0 aliphatic heterocycles. The number of nitrogens with zero attached hydrogens (tertiary/aromatic N) is 6. The van der Waals surface area contributed by atoms with E-state index in [0.717, 1.165) is 34.2 Å². The number of aromatic nitrogens is 6. The minimum Gasteiger partial charge on any atom is -0.237 e. The van der Waals surface area contributed by atoms with Gasteiger partial charge in [-0.1, -0.05) is 0 Å². The molecular formula is C21H26N6S6. The molecule has 0 atom stereocenters. The van der Waals surface area contributed by atoms with Crippen molar-refractivity contribution in [2.45, 2.75) is 53.3 Å². The van der Waals surface area contributed by atoms with Crippen LogP contribution in [0.15, 0.2) is 18.2 Å². The van der Waals surface area contributed by atoms with Gasteiger partial charge in [-0.15, -0.1) is 0 Å². The predicted octanol–water partition coefficient (Wildman–Crippen LogP) is 4.20. The van der Waals surface area contributed by atoms with Crippen molar-refractivity contribution in [1.29, 1.82) is 0 Å². The lowest BCUT2D eigenvalue weighted by atomic mass is 9.98. The molecule has 0 N–H and O–H groups in total. The Bertz CT molecular complexity index is 959. The van der Waals surface area contributed by atoms with Crippen LogP contribution in [0.5, 0.6) is 0 Å². The van der Waals surface area contributed by atoms with Crippen LogP contribution in [0.2, 0.25) is 0 Å². The fourth-order valence-electron chi connectivity index (χ4n) is 3.35. The van der Waals surface area contributed by atoms with E-state index in [4.69, 9.17) is 9.97 Å². The molecule has 12 heteroatoms. The average molecular weight is 555 g/mol. The second-order valence-electron chi connectivity index (χ2n) is 7.30. The van der Waals surface area contributed by atoms with Crippen LogP contribution in [0, 0.1) is 0 Å². The summed E-state index contributed by atoms with van der Waals surface area (Å²) < 4.78 is 0. The summed E-state index contributed by atoms with van der Waals surface area (Å²) in [7, 11) is 0. The number of hydrogen-bond acceptors (Lipinski definition) is 12. The van der Waals surface area contributed by atoms with Gasteiger partial charge < -0.3 is 0 Å². The van der Waals surface area contributed by atoms with Crippen molar-refractivity contribution in [3.05, 3.63) is 69.8 Å². The number of rotatable bonds is 11. The average Bonchev–Trinajstić information content (AvgIpc) is 2.87. The third-order valence-corrected chi connectivity index (χ3v) is 6.75. The highest BCUT2D eigenvalue weighted by Gasteiger charge is 2.22. The summed E-state index contributed by atoms with van der Waals surface area (Å²) in [5.41, 5.74) is 5.13. The van der Waals surface area contributed by atoms with Crippen molar-refractivity contribution < 1.29 is 0 Å². The molecule has 0 spiro atoms. The first-order chi connectivity index (χ1) is 16.0. The lowest BCUT2D eigenvalue weighted by molar-refractivity contribution is 0.586. The van der Waals surface area contributed by atoms with Gasteiger partial charge in [0.15, 0.2) is 0 Å². The molecule has 0 saturated heterocycles. The summed E-state index contributed by atoms with van der Waals surface area (Å²) in [6.45, 7) is 0. The summed E-state index contributed by atoms with van der Waals surface area (Å²) in [6.07, 6.45) is 1.05. The van der Waals surface area contributed by atoms with Crippen molar-refractivity contribution in [3.8, 4) is 0 Å². The highest BCUT2D eigenvalue weighted by molar-refractivity contribution is 7.80. The number of hydrogen-bond donors (Lipinski definition) is 6. The van der Waals surface area contributed by atoms with E-state index >= 15 is 0 Å². The van der Waals surface area contributed by atoms with Crippen LogP contribution >= 0.6 is 75.8 Å². The van der Waals surface area contributed by atoms with Crippen LogP contribution in [0.1, 0.15) is 57.6 Å². The van der Waals surface area contributed by atoms with Crippen molar-refractivity contribution >= 4 is 75.8 Å². The Morgan fingerprint density at radius 1 is 0.455 bits per heavy atom. The highest BCUT2D eigenvalue weighted by atomic mass is 32.1. The molecule has 0 fully saturated rings. The lowest BCUT2D eigenvalue weighted by Crippen LogP contribution is -2.17. The third kappa shape index (κ3) is 7.66. The van der Waals surface area contributed by atoms with Crippen LogP contribution < -0.4 is 0 Å². The first-order valence-electron chi connectivity index (χ1n) is 10.2. The molecular weight excluding hydrogens is 529 g/mol. The quantitative estimate of drug-likeness (QED) is 0.200. The molecule has 3 rings (SSSR count). The summed E-state index contributed by atoms with van der Waals surface area (Å²) in [4.78, 5) is 28.3. The topological polar surface area (TPSA) is 77.3 Å². The molecule has 3 aromatic rings. The molecule has 3 heterocycles. The molecule has 0 aromatic carbocycles. The molecule has 0 aliphatic carbocycles. The summed E-state index contributed by atoms with van der Waals surface area (Å²) in [5.74, 6) is 5.04. The first kappa shape index (κ1) is 26.9. The fraction of sp³-hybridized carbons (Fsp3) is 0.429. The van der Waals surface area contributed by atoms with Gasteiger partial charge in [0.1, 0.15) is 17.5 Å². The van der Waals surface area contributed by atoms with Gasteiger partial charge in [-0.2, -0.15) is 75.8 Å². The highest BCUT2D eigenvalue weighted by Crippen LogP contribution is 2.24. The van der Waals surface area contributed by atoms with E-state index in [2.05, 4.69) is 95.7 Å². The van der Waals surface area contributed by atoms with Gasteiger partial charge in [0.05, 0.1) is 34.2 Å². The fourth-order valence-corrected chi connectivity index (χ4v) is 4.32. The Morgan fingerprint density at radius 2 is 0.727 bits per heavy atom. The second kappa shape index (κ2) is 13.4. The Balaban J connectivity index is 2.06. The maximum absolute atomic E-state index is 4.77. The van der Waals surface area contributed by atoms with E-state index in [0.29, 0.717) is 64.8 Å². The smallest absolute Gasteiger partial charge is 0.132 e. The molecule has 0 amide bonds. The van der Waals surface area contributed by atoms with Crippen molar-refractivity contribution in [2.75, 3.05) is 0 Å².